The normalized spacial score (nSPS) is 10.9. The van der Waals surface area contributed by atoms with Crippen molar-refractivity contribution in [3.05, 3.63) is 75.2 Å². The van der Waals surface area contributed by atoms with Gasteiger partial charge in [-0.1, -0.05) is 35.3 Å². The molecule has 0 aliphatic heterocycles. The van der Waals surface area contributed by atoms with E-state index in [1.807, 2.05) is 36.4 Å². The minimum Gasteiger partial charge on any atom is -0.496 e. The average Bonchev–Trinajstić information content (AvgIpc) is 3.32. The maximum Gasteiger partial charge on any atom is 0.214 e. The maximum atomic E-state index is 6.08. The number of benzene rings is 2. The smallest absolute Gasteiger partial charge is 0.214 e. The van der Waals surface area contributed by atoms with Gasteiger partial charge < -0.3 is 14.6 Å². The number of hydrogen-bond donors (Lipinski definition) is 2. The predicted octanol–water partition coefficient (Wildman–Crippen LogP) is 5.93. The molecule has 0 fully saturated rings. The van der Waals surface area contributed by atoms with Crippen LogP contribution in [0.1, 0.15) is 5.76 Å². The molecule has 2 heterocycles. The van der Waals surface area contributed by atoms with Crippen LogP contribution in [-0.2, 0) is 6.54 Å². The fourth-order valence-electron chi connectivity index (χ4n) is 2.93. The molecule has 0 spiro atoms. The maximum absolute atomic E-state index is 6.08. The topological polar surface area (TPSA) is 68.0 Å². The van der Waals surface area contributed by atoms with E-state index in [2.05, 4.69) is 15.6 Å². The second kappa shape index (κ2) is 8.32. The Morgan fingerprint density at radius 2 is 1.90 bits per heavy atom. The summed E-state index contributed by atoms with van der Waals surface area (Å²) in [5.41, 5.74) is 4.85. The van der Waals surface area contributed by atoms with Crippen LogP contribution in [0.2, 0.25) is 10.0 Å². The van der Waals surface area contributed by atoms with Crippen molar-refractivity contribution in [3.8, 4) is 28.5 Å². The lowest BCUT2D eigenvalue weighted by Crippen LogP contribution is -2.15. The van der Waals surface area contributed by atoms with Crippen LogP contribution in [0.15, 0.2) is 59.0 Å². The highest BCUT2D eigenvalue weighted by Gasteiger charge is 2.14. The molecule has 0 saturated heterocycles. The van der Waals surface area contributed by atoms with Crippen molar-refractivity contribution < 1.29 is 9.15 Å². The number of nitrogens with one attached hydrogen (secondary N) is 2. The van der Waals surface area contributed by atoms with Crippen molar-refractivity contribution in [1.29, 1.82) is 0 Å². The number of aromatic nitrogens is 3. The van der Waals surface area contributed by atoms with Crippen LogP contribution in [0.4, 0.5) is 0 Å². The summed E-state index contributed by atoms with van der Waals surface area (Å²) in [5.74, 6) is 2.70. The largest absolute Gasteiger partial charge is 0.496 e. The standard InChI is InChI=1S/C20H16Cl2N4O2S/c1-27-18-5-3-2-4-16(18)19-24-25-20(29)26(19)23-11-15-6-7-17(28-15)12-8-13(21)10-14(22)9-12/h2-10,23H,11H2,1H3,(H,25,29). The van der Waals surface area contributed by atoms with Crippen molar-refractivity contribution in [2.75, 3.05) is 12.5 Å². The van der Waals surface area contributed by atoms with Crippen LogP contribution in [0, 0.1) is 4.77 Å². The Labute approximate surface area is 182 Å². The fraction of sp³-hybridized carbons (Fsp3) is 0.100. The van der Waals surface area contributed by atoms with E-state index in [9.17, 15) is 0 Å². The molecule has 0 aliphatic rings. The molecule has 0 aliphatic carbocycles. The monoisotopic (exact) mass is 446 g/mol. The van der Waals surface area contributed by atoms with Gasteiger partial charge >= 0.3 is 0 Å². The van der Waals surface area contributed by atoms with Gasteiger partial charge in [0.05, 0.1) is 19.2 Å². The van der Waals surface area contributed by atoms with E-state index in [1.54, 1.807) is 30.0 Å². The third kappa shape index (κ3) is 4.17. The minimum atomic E-state index is 0.393. The third-order valence-electron chi connectivity index (χ3n) is 4.24. The molecule has 9 heteroatoms. The van der Waals surface area contributed by atoms with Gasteiger partial charge in [-0.3, -0.25) is 0 Å². The van der Waals surface area contributed by atoms with Gasteiger partial charge in [0.25, 0.3) is 0 Å². The van der Waals surface area contributed by atoms with Crippen LogP contribution in [0.5, 0.6) is 5.75 Å². The van der Waals surface area contributed by atoms with E-state index in [1.165, 1.54) is 0 Å². The highest BCUT2D eigenvalue weighted by Crippen LogP contribution is 2.29. The van der Waals surface area contributed by atoms with E-state index in [0.717, 1.165) is 11.1 Å². The average molecular weight is 447 g/mol. The molecule has 29 heavy (non-hydrogen) atoms. The summed E-state index contributed by atoms with van der Waals surface area (Å²) in [6.45, 7) is 0.393. The molecule has 0 atom stereocenters. The lowest BCUT2D eigenvalue weighted by atomic mass is 10.2. The Morgan fingerprint density at radius 1 is 1.14 bits per heavy atom. The van der Waals surface area contributed by atoms with Gasteiger partial charge in [0.1, 0.15) is 17.3 Å². The molecule has 0 unspecified atom stereocenters. The number of H-pyrrole nitrogens is 1. The van der Waals surface area contributed by atoms with Crippen LogP contribution < -0.4 is 10.2 Å². The summed E-state index contributed by atoms with van der Waals surface area (Å²) >= 11 is 17.5. The molecule has 6 nitrogen and oxygen atoms in total. The van der Waals surface area contributed by atoms with Crippen LogP contribution >= 0.6 is 35.4 Å². The Bertz CT molecular complexity index is 1190. The van der Waals surface area contributed by atoms with Crippen molar-refractivity contribution in [2.24, 2.45) is 0 Å². The second-order valence-electron chi connectivity index (χ2n) is 6.15. The number of ether oxygens (including phenoxy) is 1. The molecule has 148 valence electrons. The summed E-state index contributed by atoms with van der Waals surface area (Å²) in [7, 11) is 1.62. The first-order valence-electron chi connectivity index (χ1n) is 8.65. The molecule has 0 radical (unpaired) electrons. The molecule has 0 amide bonds. The fourth-order valence-corrected chi connectivity index (χ4v) is 3.66. The van der Waals surface area contributed by atoms with Gasteiger partial charge in [-0.05, 0) is 54.7 Å². The van der Waals surface area contributed by atoms with Gasteiger partial charge in [-0.25, -0.2) is 9.77 Å². The SMILES string of the molecule is COc1ccccc1-c1n[nH]c(=S)n1NCc1ccc(-c2cc(Cl)cc(Cl)c2)o1. The van der Waals surface area contributed by atoms with Crippen LogP contribution in [0.3, 0.4) is 0 Å². The van der Waals surface area contributed by atoms with Crippen molar-refractivity contribution in [1.82, 2.24) is 14.9 Å². The first-order chi connectivity index (χ1) is 14.0. The number of methoxy groups -OCH3 is 1. The number of aromatic amines is 1. The number of para-hydroxylation sites is 1. The van der Waals surface area contributed by atoms with E-state index >= 15 is 0 Å². The van der Waals surface area contributed by atoms with Gasteiger partial charge in [0, 0.05) is 15.6 Å². The number of furan rings is 1. The third-order valence-corrected chi connectivity index (χ3v) is 4.95. The van der Waals surface area contributed by atoms with Gasteiger partial charge in [-0.15, -0.1) is 0 Å². The van der Waals surface area contributed by atoms with E-state index in [-0.39, 0.29) is 0 Å². The van der Waals surface area contributed by atoms with Crippen LogP contribution in [0.25, 0.3) is 22.7 Å². The molecule has 2 aromatic carbocycles. The molecule has 2 N–H and O–H groups in total. The lowest BCUT2D eigenvalue weighted by molar-refractivity contribution is 0.416. The number of rotatable bonds is 6. The lowest BCUT2D eigenvalue weighted by Gasteiger charge is -2.11. The number of nitrogens with zero attached hydrogens (tertiary/aromatic N) is 2. The predicted molar refractivity (Wildman–Crippen MR) is 117 cm³/mol. The first-order valence-corrected chi connectivity index (χ1v) is 9.81. The molecule has 0 saturated carbocycles. The summed E-state index contributed by atoms with van der Waals surface area (Å²) in [6.07, 6.45) is 0. The van der Waals surface area contributed by atoms with E-state index in [4.69, 9.17) is 44.6 Å². The molecular weight excluding hydrogens is 431 g/mol. The van der Waals surface area contributed by atoms with E-state index < -0.39 is 0 Å². The van der Waals surface area contributed by atoms with Crippen molar-refractivity contribution in [2.45, 2.75) is 6.54 Å². The molecule has 0 bridgehead atoms. The zero-order valence-corrected chi connectivity index (χ0v) is 17.6. The van der Waals surface area contributed by atoms with E-state index in [0.29, 0.717) is 44.5 Å². The number of hydrogen-bond acceptors (Lipinski definition) is 5. The highest BCUT2D eigenvalue weighted by atomic mass is 35.5. The van der Waals surface area contributed by atoms with Crippen molar-refractivity contribution >= 4 is 35.4 Å². The zero-order valence-electron chi connectivity index (χ0n) is 15.3. The summed E-state index contributed by atoms with van der Waals surface area (Å²) in [6, 6.07) is 16.6. The van der Waals surface area contributed by atoms with Gasteiger partial charge in [-0.2, -0.15) is 5.10 Å². The first kappa shape index (κ1) is 19.6. The van der Waals surface area contributed by atoms with Crippen LogP contribution in [-0.4, -0.2) is 22.0 Å². The minimum absolute atomic E-state index is 0.393. The Balaban J connectivity index is 1.57. The molecular formula is C20H16Cl2N4O2S. The number of halogens is 2. The summed E-state index contributed by atoms with van der Waals surface area (Å²) in [5, 5.41) is 8.23. The summed E-state index contributed by atoms with van der Waals surface area (Å²) in [4.78, 5) is 0. The van der Waals surface area contributed by atoms with Crippen molar-refractivity contribution in [3.63, 3.8) is 0 Å². The Morgan fingerprint density at radius 3 is 2.66 bits per heavy atom. The Kier molecular flexibility index (Phi) is 5.62. The highest BCUT2D eigenvalue weighted by molar-refractivity contribution is 7.71. The molecule has 4 aromatic rings. The quantitative estimate of drug-likeness (QED) is 0.359. The Hall–Kier alpha value is -2.74. The summed E-state index contributed by atoms with van der Waals surface area (Å²) < 4.78 is 13.5. The zero-order chi connectivity index (χ0) is 20.4. The second-order valence-corrected chi connectivity index (χ2v) is 7.41. The molecule has 4 rings (SSSR count). The molecule has 2 aromatic heterocycles. The van der Waals surface area contributed by atoms with Gasteiger partial charge in [0.2, 0.25) is 4.77 Å². The van der Waals surface area contributed by atoms with Gasteiger partial charge in [0.15, 0.2) is 5.82 Å².